The van der Waals surface area contributed by atoms with Crippen LogP contribution in [0, 0.1) is 5.92 Å². The van der Waals surface area contributed by atoms with Crippen LogP contribution in [0.25, 0.3) is 0 Å². The zero-order valence-corrected chi connectivity index (χ0v) is 11.7. The summed E-state index contributed by atoms with van der Waals surface area (Å²) in [5.41, 5.74) is 0.921. The first kappa shape index (κ1) is 14.6. The van der Waals surface area contributed by atoms with Crippen molar-refractivity contribution in [1.82, 2.24) is 0 Å². The van der Waals surface area contributed by atoms with Crippen molar-refractivity contribution >= 4 is 5.69 Å². The van der Waals surface area contributed by atoms with Crippen LogP contribution in [0.4, 0.5) is 5.69 Å². The van der Waals surface area contributed by atoms with Crippen molar-refractivity contribution in [2.24, 2.45) is 5.92 Å². The molecule has 18 heavy (non-hydrogen) atoms. The van der Waals surface area contributed by atoms with Crippen LogP contribution < -0.4 is 14.8 Å². The molecule has 1 aromatic carbocycles. The first-order chi connectivity index (χ1) is 8.67. The van der Waals surface area contributed by atoms with E-state index in [-0.39, 0.29) is 0 Å². The van der Waals surface area contributed by atoms with Crippen molar-refractivity contribution in [1.29, 1.82) is 0 Å². The number of methoxy groups -OCH3 is 2. The van der Waals surface area contributed by atoms with E-state index in [0.29, 0.717) is 12.5 Å². The highest BCUT2D eigenvalue weighted by Gasteiger charge is 2.04. The van der Waals surface area contributed by atoms with Gasteiger partial charge in [-0.25, -0.2) is 0 Å². The van der Waals surface area contributed by atoms with Gasteiger partial charge >= 0.3 is 0 Å². The van der Waals surface area contributed by atoms with Crippen LogP contribution in [-0.4, -0.2) is 34.0 Å². The fourth-order valence-corrected chi connectivity index (χ4v) is 1.53. The van der Waals surface area contributed by atoms with Crippen molar-refractivity contribution in [3.63, 3.8) is 0 Å². The molecule has 0 radical (unpaired) electrons. The minimum Gasteiger partial charge on any atom is -0.497 e. The molecule has 0 aliphatic heterocycles. The summed E-state index contributed by atoms with van der Waals surface area (Å²) >= 11 is 0. The highest BCUT2D eigenvalue weighted by molar-refractivity contribution is 5.59. The fraction of sp³-hybridized carbons (Fsp3) is 0.571. The standard InChI is InChI=1S/C14H23NO3/c1-11(2)10-18-8-7-15-13-9-12(16-3)5-6-14(13)17-4/h5-6,9,11,15H,7-8,10H2,1-4H3. The van der Waals surface area contributed by atoms with E-state index in [9.17, 15) is 0 Å². The van der Waals surface area contributed by atoms with E-state index in [1.807, 2.05) is 18.2 Å². The molecule has 0 heterocycles. The highest BCUT2D eigenvalue weighted by Crippen LogP contribution is 2.28. The maximum absolute atomic E-state index is 5.51. The zero-order valence-electron chi connectivity index (χ0n) is 11.7. The van der Waals surface area contributed by atoms with E-state index in [1.54, 1.807) is 14.2 Å². The Hall–Kier alpha value is -1.42. The molecule has 0 fully saturated rings. The van der Waals surface area contributed by atoms with E-state index >= 15 is 0 Å². The highest BCUT2D eigenvalue weighted by atomic mass is 16.5. The van der Waals surface area contributed by atoms with E-state index in [2.05, 4.69) is 19.2 Å². The lowest BCUT2D eigenvalue weighted by molar-refractivity contribution is 0.118. The number of benzene rings is 1. The molecule has 0 spiro atoms. The molecule has 0 saturated heterocycles. The number of nitrogens with one attached hydrogen (secondary N) is 1. The first-order valence-electron chi connectivity index (χ1n) is 6.21. The van der Waals surface area contributed by atoms with Gasteiger partial charge in [0.25, 0.3) is 0 Å². The molecular weight excluding hydrogens is 230 g/mol. The van der Waals surface area contributed by atoms with Gasteiger partial charge in [0.1, 0.15) is 11.5 Å². The van der Waals surface area contributed by atoms with Crippen LogP contribution in [0.5, 0.6) is 11.5 Å². The first-order valence-corrected chi connectivity index (χ1v) is 6.21. The second-order valence-corrected chi connectivity index (χ2v) is 4.46. The second-order valence-electron chi connectivity index (χ2n) is 4.46. The largest absolute Gasteiger partial charge is 0.497 e. The third-order valence-corrected chi connectivity index (χ3v) is 2.42. The lowest BCUT2D eigenvalue weighted by atomic mass is 10.2. The van der Waals surface area contributed by atoms with E-state index < -0.39 is 0 Å². The van der Waals surface area contributed by atoms with E-state index in [0.717, 1.165) is 30.3 Å². The molecule has 1 rings (SSSR count). The Morgan fingerprint density at radius 2 is 1.94 bits per heavy atom. The normalized spacial score (nSPS) is 10.5. The van der Waals surface area contributed by atoms with Gasteiger partial charge in [-0.05, 0) is 18.1 Å². The zero-order chi connectivity index (χ0) is 13.4. The van der Waals surface area contributed by atoms with E-state index in [4.69, 9.17) is 14.2 Å². The van der Waals surface area contributed by atoms with Crippen LogP contribution in [-0.2, 0) is 4.74 Å². The van der Waals surface area contributed by atoms with Gasteiger partial charge in [0, 0.05) is 19.2 Å². The van der Waals surface area contributed by atoms with Crippen LogP contribution in [0.3, 0.4) is 0 Å². The Labute approximate surface area is 109 Å². The summed E-state index contributed by atoms with van der Waals surface area (Å²) in [6, 6.07) is 5.68. The van der Waals surface area contributed by atoms with Crippen LogP contribution >= 0.6 is 0 Å². The lowest BCUT2D eigenvalue weighted by Crippen LogP contribution is -2.12. The van der Waals surface area contributed by atoms with Gasteiger partial charge in [-0.1, -0.05) is 13.8 Å². The van der Waals surface area contributed by atoms with Gasteiger partial charge in [0.2, 0.25) is 0 Å². The number of rotatable bonds is 8. The smallest absolute Gasteiger partial charge is 0.142 e. The summed E-state index contributed by atoms with van der Waals surface area (Å²) in [4.78, 5) is 0. The molecule has 0 unspecified atom stereocenters. The van der Waals surface area contributed by atoms with Crippen molar-refractivity contribution in [2.45, 2.75) is 13.8 Å². The Bertz CT molecular complexity index is 353. The molecular formula is C14H23NO3. The SMILES string of the molecule is COc1ccc(OC)c(NCCOCC(C)C)c1. The number of hydrogen-bond acceptors (Lipinski definition) is 4. The molecule has 1 N–H and O–H groups in total. The maximum atomic E-state index is 5.51. The van der Waals surface area contributed by atoms with Crippen molar-refractivity contribution in [3.05, 3.63) is 18.2 Å². The van der Waals surface area contributed by atoms with Gasteiger partial charge in [0.05, 0.1) is 26.5 Å². The van der Waals surface area contributed by atoms with Gasteiger partial charge in [-0.2, -0.15) is 0 Å². The topological polar surface area (TPSA) is 39.7 Å². The third-order valence-electron chi connectivity index (χ3n) is 2.42. The molecule has 0 bridgehead atoms. The molecule has 0 aromatic heterocycles. The number of hydrogen-bond donors (Lipinski definition) is 1. The average molecular weight is 253 g/mol. The molecule has 102 valence electrons. The molecule has 4 heteroatoms. The Morgan fingerprint density at radius 1 is 1.17 bits per heavy atom. The van der Waals surface area contributed by atoms with Crippen molar-refractivity contribution in [2.75, 3.05) is 39.3 Å². The minimum absolute atomic E-state index is 0.566. The summed E-state index contributed by atoms with van der Waals surface area (Å²) in [6.45, 7) is 6.49. The van der Waals surface area contributed by atoms with Gasteiger partial charge in [-0.15, -0.1) is 0 Å². The molecule has 0 amide bonds. The summed E-state index contributed by atoms with van der Waals surface area (Å²) in [6.07, 6.45) is 0. The predicted octanol–water partition coefficient (Wildman–Crippen LogP) is 2.79. The van der Waals surface area contributed by atoms with E-state index in [1.165, 1.54) is 0 Å². The monoisotopic (exact) mass is 253 g/mol. The average Bonchev–Trinajstić information content (AvgIpc) is 2.37. The number of ether oxygens (including phenoxy) is 3. The Morgan fingerprint density at radius 3 is 2.56 bits per heavy atom. The van der Waals surface area contributed by atoms with Crippen LogP contribution in [0.15, 0.2) is 18.2 Å². The van der Waals surface area contributed by atoms with Gasteiger partial charge in [0.15, 0.2) is 0 Å². The molecule has 4 nitrogen and oxygen atoms in total. The Balaban J connectivity index is 2.44. The van der Waals surface area contributed by atoms with Gasteiger partial charge < -0.3 is 19.5 Å². The summed E-state index contributed by atoms with van der Waals surface area (Å²) in [7, 11) is 3.31. The predicted molar refractivity (Wildman–Crippen MR) is 73.7 cm³/mol. The lowest BCUT2D eigenvalue weighted by Gasteiger charge is -2.13. The summed E-state index contributed by atoms with van der Waals surface area (Å²) in [5.74, 6) is 2.18. The molecule has 0 aliphatic rings. The molecule has 1 aromatic rings. The number of anilines is 1. The summed E-state index contributed by atoms with van der Waals surface area (Å²) in [5, 5.41) is 3.28. The molecule has 0 atom stereocenters. The molecule has 0 aliphatic carbocycles. The van der Waals surface area contributed by atoms with Crippen molar-refractivity contribution in [3.8, 4) is 11.5 Å². The third kappa shape index (κ3) is 4.84. The fourth-order valence-electron chi connectivity index (χ4n) is 1.53. The van der Waals surface area contributed by atoms with Crippen molar-refractivity contribution < 1.29 is 14.2 Å². The van der Waals surface area contributed by atoms with Crippen LogP contribution in [0.1, 0.15) is 13.8 Å². The van der Waals surface area contributed by atoms with Crippen LogP contribution in [0.2, 0.25) is 0 Å². The maximum Gasteiger partial charge on any atom is 0.142 e. The van der Waals surface area contributed by atoms with Gasteiger partial charge in [-0.3, -0.25) is 0 Å². The molecule has 0 saturated carbocycles. The summed E-state index contributed by atoms with van der Waals surface area (Å²) < 4.78 is 16.0. The second kappa shape index (κ2) is 7.82. The quantitative estimate of drug-likeness (QED) is 0.723. The Kier molecular flexibility index (Phi) is 6.36. The minimum atomic E-state index is 0.566.